The molecule has 3 N–H and O–H groups in total. The second kappa shape index (κ2) is 4.80. The van der Waals surface area contributed by atoms with Crippen molar-refractivity contribution in [2.24, 2.45) is 0 Å². The molecule has 4 heteroatoms. The average molecular weight is 255 g/mol. The van der Waals surface area contributed by atoms with Crippen LogP contribution in [0.1, 0.15) is 23.6 Å². The Morgan fingerprint density at radius 3 is 3.11 bits per heavy atom. The number of hydrogen-bond donors (Lipinski definition) is 2. The average Bonchev–Trinajstić information content (AvgIpc) is 2.82. The van der Waals surface area contributed by atoms with Crippen LogP contribution in [0.25, 0.3) is 0 Å². The van der Waals surface area contributed by atoms with Crippen molar-refractivity contribution in [3.8, 4) is 5.75 Å². The lowest BCUT2D eigenvalue weighted by atomic mass is 10.1. The van der Waals surface area contributed by atoms with E-state index in [4.69, 9.17) is 10.5 Å². The summed E-state index contributed by atoms with van der Waals surface area (Å²) in [7, 11) is 1.66. The lowest BCUT2D eigenvalue weighted by molar-refractivity contribution is 0.414. The number of ether oxygens (including phenoxy) is 1. The van der Waals surface area contributed by atoms with Crippen LogP contribution in [0, 0.1) is 0 Å². The van der Waals surface area contributed by atoms with E-state index in [2.05, 4.69) is 22.4 Å². The second-order valence-electron chi connectivity index (χ2n) is 4.75. The maximum absolute atomic E-state index is 5.82. The molecule has 4 nitrogen and oxygen atoms in total. The summed E-state index contributed by atoms with van der Waals surface area (Å²) in [5.41, 5.74) is 9.28. The predicted molar refractivity (Wildman–Crippen MR) is 76.3 cm³/mol. The van der Waals surface area contributed by atoms with Gasteiger partial charge in [0.25, 0.3) is 0 Å². The van der Waals surface area contributed by atoms with E-state index in [0.29, 0.717) is 0 Å². The molecule has 1 atom stereocenters. The number of nitrogens with two attached hydrogens (primary N) is 1. The van der Waals surface area contributed by atoms with Gasteiger partial charge in [0, 0.05) is 11.9 Å². The van der Waals surface area contributed by atoms with Crippen LogP contribution in [-0.4, -0.2) is 12.1 Å². The van der Waals surface area contributed by atoms with Gasteiger partial charge in [-0.15, -0.1) is 0 Å². The minimum Gasteiger partial charge on any atom is -0.493 e. The number of nitrogen functional groups attached to an aromatic ring is 1. The van der Waals surface area contributed by atoms with Crippen molar-refractivity contribution in [2.45, 2.75) is 18.9 Å². The highest BCUT2D eigenvalue weighted by Gasteiger charge is 2.23. The fraction of sp³-hybridized carbons (Fsp3) is 0.267. The summed E-state index contributed by atoms with van der Waals surface area (Å²) >= 11 is 0. The number of hydrogen-bond acceptors (Lipinski definition) is 4. The highest BCUT2D eigenvalue weighted by Crippen LogP contribution is 2.36. The minimum atomic E-state index is 0.277. The van der Waals surface area contributed by atoms with E-state index < -0.39 is 0 Å². The number of anilines is 2. The monoisotopic (exact) mass is 255 g/mol. The second-order valence-corrected chi connectivity index (χ2v) is 4.75. The van der Waals surface area contributed by atoms with Gasteiger partial charge in [0.15, 0.2) is 11.6 Å². The summed E-state index contributed by atoms with van der Waals surface area (Å²) in [4.78, 5) is 4.34. The number of nitrogens with one attached hydrogen (secondary N) is 1. The molecule has 3 rings (SSSR count). The largest absolute Gasteiger partial charge is 0.493 e. The van der Waals surface area contributed by atoms with Crippen molar-refractivity contribution in [1.82, 2.24) is 4.98 Å². The Morgan fingerprint density at radius 1 is 1.37 bits per heavy atom. The lowest BCUT2D eigenvalue weighted by Gasteiger charge is -2.16. The number of fused-ring (bicyclic) bond motifs is 1. The van der Waals surface area contributed by atoms with Gasteiger partial charge in [0.2, 0.25) is 0 Å². The van der Waals surface area contributed by atoms with E-state index >= 15 is 0 Å². The first-order chi connectivity index (χ1) is 9.28. The molecule has 1 aromatic heterocycles. The summed E-state index contributed by atoms with van der Waals surface area (Å²) in [6.07, 6.45) is 3.87. The molecular weight excluding hydrogens is 238 g/mol. The first-order valence-corrected chi connectivity index (χ1v) is 6.42. The number of rotatable bonds is 3. The van der Waals surface area contributed by atoms with Gasteiger partial charge in [-0.05, 0) is 48.2 Å². The van der Waals surface area contributed by atoms with Gasteiger partial charge < -0.3 is 15.8 Å². The Kier molecular flexibility index (Phi) is 2.99. The van der Waals surface area contributed by atoms with Crippen LogP contribution in [0.3, 0.4) is 0 Å². The van der Waals surface area contributed by atoms with Gasteiger partial charge in [-0.3, -0.25) is 0 Å². The van der Waals surface area contributed by atoms with Crippen LogP contribution < -0.4 is 15.8 Å². The molecule has 0 saturated carbocycles. The topological polar surface area (TPSA) is 60.2 Å². The Morgan fingerprint density at radius 2 is 2.26 bits per heavy atom. The van der Waals surface area contributed by atoms with Crippen LogP contribution in [0.2, 0.25) is 0 Å². The quantitative estimate of drug-likeness (QED) is 0.828. The highest BCUT2D eigenvalue weighted by molar-refractivity contribution is 5.54. The van der Waals surface area contributed by atoms with Crippen LogP contribution in [0.4, 0.5) is 11.5 Å². The summed E-state index contributed by atoms with van der Waals surface area (Å²) in [5, 5.41) is 3.46. The zero-order chi connectivity index (χ0) is 13.2. The summed E-state index contributed by atoms with van der Waals surface area (Å²) in [6.45, 7) is 0. The molecule has 0 amide bonds. The van der Waals surface area contributed by atoms with Gasteiger partial charge in [0.05, 0.1) is 13.2 Å². The number of aryl methyl sites for hydroxylation is 1. The summed E-state index contributed by atoms with van der Waals surface area (Å²) in [5.74, 6) is 1.56. The molecule has 0 saturated heterocycles. The predicted octanol–water partition coefficient (Wildman–Crippen LogP) is 2.77. The first-order valence-electron chi connectivity index (χ1n) is 6.42. The fourth-order valence-electron chi connectivity index (χ4n) is 2.62. The number of pyridine rings is 1. The van der Waals surface area contributed by atoms with Crippen molar-refractivity contribution in [3.63, 3.8) is 0 Å². The van der Waals surface area contributed by atoms with E-state index in [1.807, 2.05) is 18.2 Å². The van der Waals surface area contributed by atoms with Gasteiger partial charge >= 0.3 is 0 Å². The Balaban J connectivity index is 1.87. The van der Waals surface area contributed by atoms with Crippen molar-refractivity contribution in [3.05, 3.63) is 47.7 Å². The molecule has 1 heterocycles. The third-order valence-electron chi connectivity index (χ3n) is 3.55. The van der Waals surface area contributed by atoms with E-state index in [1.54, 1.807) is 13.3 Å². The van der Waals surface area contributed by atoms with Crippen molar-refractivity contribution in [2.75, 3.05) is 18.2 Å². The first kappa shape index (κ1) is 11.8. The van der Waals surface area contributed by atoms with E-state index in [9.17, 15) is 0 Å². The minimum absolute atomic E-state index is 0.277. The summed E-state index contributed by atoms with van der Waals surface area (Å²) in [6, 6.07) is 10.2. The molecule has 19 heavy (non-hydrogen) atoms. The van der Waals surface area contributed by atoms with Crippen LogP contribution >= 0.6 is 0 Å². The SMILES string of the molecule is COc1cccnc1NC1CCc2cc(N)ccc21. The van der Waals surface area contributed by atoms with Crippen LogP contribution in [-0.2, 0) is 6.42 Å². The zero-order valence-corrected chi connectivity index (χ0v) is 10.9. The van der Waals surface area contributed by atoms with Gasteiger partial charge in [-0.2, -0.15) is 0 Å². The smallest absolute Gasteiger partial charge is 0.169 e. The van der Waals surface area contributed by atoms with Crippen LogP contribution in [0.15, 0.2) is 36.5 Å². The van der Waals surface area contributed by atoms with Crippen molar-refractivity contribution in [1.29, 1.82) is 0 Å². The maximum atomic E-state index is 5.82. The standard InChI is InChI=1S/C15H17N3O/c1-19-14-3-2-8-17-15(14)18-13-7-4-10-9-11(16)5-6-12(10)13/h2-3,5-6,8-9,13H,4,7,16H2,1H3,(H,17,18). The molecule has 0 spiro atoms. The lowest BCUT2D eigenvalue weighted by Crippen LogP contribution is -2.09. The molecule has 2 aromatic rings. The molecule has 0 radical (unpaired) electrons. The molecule has 1 aliphatic rings. The zero-order valence-electron chi connectivity index (χ0n) is 10.9. The molecule has 1 aromatic carbocycles. The molecule has 1 aliphatic carbocycles. The molecule has 0 fully saturated rings. The molecule has 0 aliphatic heterocycles. The highest BCUT2D eigenvalue weighted by atomic mass is 16.5. The summed E-state index contributed by atoms with van der Waals surface area (Å²) < 4.78 is 5.32. The van der Waals surface area contributed by atoms with Gasteiger partial charge in [-0.1, -0.05) is 6.07 Å². The third kappa shape index (κ3) is 2.21. The Bertz CT molecular complexity index is 598. The van der Waals surface area contributed by atoms with Crippen molar-refractivity contribution < 1.29 is 4.74 Å². The molecular formula is C15H17N3O. The molecule has 0 bridgehead atoms. The number of benzene rings is 1. The maximum Gasteiger partial charge on any atom is 0.169 e. The number of nitrogens with zero attached hydrogens (tertiary/aromatic N) is 1. The number of aromatic nitrogens is 1. The van der Waals surface area contributed by atoms with Crippen molar-refractivity contribution >= 4 is 11.5 Å². The fourth-order valence-corrected chi connectivity index (χ4v) is 2.62. The van der Waals surface area contributed by atoms with Gasteiger partial charge in [-0.25, -0.2) is 4.98 Å². The van der Waals surface area contributed by atoms with E-state index in [1.165, 1.54) is 11.1 Å². The number of methoxy groups -OCH3 is 1. The van der Waals surface area contributed by atoms with Gasteiger partial charge in [0.1, 0.15) is 0 Å². The molecule has 1 unspecified atom stereocenters. The van der Waals surface area contributed by atoms with Crippen LogP contribution in [0.5, 0.6) is 5.75 Å². The van der Waals surface area contributed by atoms with E-state index in [-0.39, 0.29) is 6.04 Å². The molecule has 98 valence electrons. The third-order valence-corrected chi connectivity index (χ3v) is 3.55. The Labute approximate surface area is 112 Å². The normalized spacial score (nSPS) is 17.0. The van der Waals surface area contributed by atoms with E-state index in [0.717, 1.165) is 30.1 Å². The Hall–Kier alpha value is -2.23.